The van der Waals surface area contributed by atoms with Gasteiger partial charge < -0.3 is 15.7 Å². The van der Waals surface area contributed by atoms with E-state index in [0.717, 1.165) is 18.7 Å². The van der Waals surface area contributed by atoms with Crippen molar-refractivity contribution >= 4 is 17.6 Å². The van der Waals surface area contributed by atoms with Crippen molar-refractivity contribution in [1.29, 1.82) is 0 Å². The van der Waals surface area contributed by atoms with E-state index in [4.69, 9.17) is 5.11 Å². The minimum Gasteiger partial charge on any atom is -0.478 e. The Kier molecular flexibility index (Phi) is 3.62. The lowest BCUT2D eigenvalue weighted by atomic mass is 9.99. The molecule has 0 spiro atoms. The third-order valence-corrected chi connectivity index (χ3v) is 3.02. The molecule has 5 nitrogen and oxygen atoms in total. The van der Waals surface area contributed by atoms with Crippen LogP contribution in [-0.4, -0.2) is 30.1 Å². The van der Waals surface area contributed by atoms with Crippen LogP contribution in [-0.2, 0) is 4.79 Å². The molecule has 1 heterocycles. The van der Waals surface area contributed by atoms with Crippen molar-refractivity contribution in [3.05, 3.63) is 29.3 Å². The molecule has 3 N–H and O–H groups in total. The highest BCUT2D eigenvalue weighted by molar-refractivity contribution is 6.00. The molecular formula is C13H16N2O3. The van der Waals surface area contributed by atoms with Gasteiger partial charge in [0.25, 0.3) is 0 Å². The molecule has 0 saturated carbocycles. The van der Waals surface area contributed by atoms with Crippen molar-refractivity contribution in [2.75, 3.05) is 18.4 Å². The summed E-state index contributed by atoms with van der Waals surface area (Å²) in [4.78, 5) is 22.8. The van der Waals surface area contributed by atoms with Crippen LogP contribution in [0.4, 0.5) is 5.69 Å². The molecule has 18 heavy (non-hydrogen) atoms. The quantitative estimate of drug-likeness (QED) is 0.749. The predicted molar refractivity (Wildman–Crippen MR) is 67.7 cm³/mol. The number of carboxylic acids is 1. The number of rotatable bonds is 4. The molecule has 1 amide bonds. The molecule has 1 saturated heterocycles. The van der Waals surface area contributed by atoms with Gasteiger partial charge in [0.15, 0.2) is 0 Å². The van der Waals surface area contributed by atoms with E-state index in [1.807, 2.05) is 6.92 Å². The standard InChI is InChI=1S/C13H16N2O3/c1-8-2-3-11(10(4-8)13(17)18)15-12(16)5-9-6-14-7-9/h2-4,9,14H,5-7H2,1H3,(H,15,16)(H,17,18). The van der Waals surface area contributed by atoms with Gasteiger partial charge in [-0.15, -0.1) is 0 Å². The number of aromatic carboxylic acids is 1. The third kappa shape index (κ3) is 2.87. The zero-order valence-electron chi connectivity index (χ0n) is 10.2. The first kappa shape index (κ1) is 12.6. The molecule has 0 radical (unpaired) electrons. The average molecular weight is 248 g/mol. The molecule has 1 aliphatic heterocycles. The number of carboxylic acid groups (broad SMARTS) is 1. The molecule has 96 valence electrons. The lowest BCUT2D eigenvalue weighted by Gasteiger charge is -2.26. The van der Waals surface area contributed by atoms with Crippen LogP contribution in [0.15, 0.2) is 18.2 Å². The number of hydrogen-bond donors (Lipinski definition) is 3. The van der Waals surface area contributed by atoms with E-state index < -0.39 is 5.97 Å². The minimum atomic E-state index is -1.03. The molecule has 1 aliphatic rings. The van der Waals surface area contributed by atoms with Gasteiger partial charge in [-0.3, -0.25) is 4.79 Å². The topological polar surface area (TPSA) is 78.4 Å². The van der Waals surface area contributed by atoms with E-state index in [1.165, 1.54) is 0 Å². The van der Waals surface area contributed by atoms with Crippen molar-refractivity contribution in [1.82, 2.24) is 5.32 Å². The van der Waals surface area contributed by atoms with Crippen molar-refractivity contribution < 1.29 is 14.7 Å². The minimum absolute atomic E-state index is 0.132. The summed E-state index contributed by atoms with van der Waals surface area (Å²) in [5.74, 6) is -0.795. The number of carbonyl (C=O) groups excluding carboxylic acids is 1. The van der Waals surface area contributed by atoms with Crippen LogP contribution in [0, 0.1) is 12.8 Å². The molecule has 0 aromatic heterocycles. The predicted octanol–water partition coefficient (Wildman–Crippen LogP) is 1.24. The zero-order valence-corrected chi connectivity index (χ0v) is 10.2. The van der Waals surface area contributed by atoms with Gasteiger partial charge in [0.1, 0.15) is 0 Å². The molecule has 1 aromatic carbocycles. The molecule has 1 fully saturated rings. The number of carbonyl (C=O) groups is 2. The first-order chi connectivity index (χ1) is 8.56. The zero-order chi connectivity index (χ0) is 13.1. The summed E-state index contributed by atoms with van der Waals surface area (Å²) < 4.78 is 0. The van der Waals surface area contributed by atoms with Crippen LogP contribution in [0.25, 0.3) is 0 Å². The average Bonchev–Trinajstić information content (AvgIpc) is 2.26. The third-order valence-electron chi connectivity index (χ3n) is 3.02. The first-order valence-electron chi connectivity index (χ1n) is 5.91. The van der Waals surface area contributed by atoms with Gasteiger partial charge in [0.05, 0.1) is 11.3 Å². The fraction of sp³-hybridized carbons (Fsp3) is 0.385. The number of benzene rings is 1. The second kappa shape index (κ2) is 5.18. The second-order valence-electron chi connectivity index (χ2n) is 4.63. The highest BCUT2D eigenvalue weighted by Gasteiger charge is 2.21. The fourth-order valence-corrected chi connectivity index (χ4v) is 1.90. The van der Waals surface area contributed by atoms with E-state index in [0.29, 0.717) is 18.0 Å². The van der Waals surface area contributed by atoms with Crippen molar-refractivity contribution in [3.8, 4) is 0 Å². The number of nitrogens with one attached hydrogen (secondary N) is 2. The molecular weight excluding hydrogens is 232 g/mol. The van der Waals surface area contributed by atoms with Crippen LogP contribution >= 0.6 is 0 Å². The molecule has 1 aromatic rings. The first-order valence-corrected chi connectivity index (χ1v) is 5.91. The molecule has 0 atom stereocenters. The summed E-state index contributed by atoms with van der Waals surface area (Å²) >= 11 is 0. The highest BCUT2D eigenvalue weighted by Crippen LogP contribution is 2.18. The molecule has 0 bridgehead atoms. The van der Waals surface area contributed by atoms with Crippen LogP contribution in [0.3, 0.4) is 0 Å². The summed E-state index contributed by atoms with van der Waals surface area (Å²) in [6.07, 6.45) is 0.430. The SMILES string of the molecule is Cc1ccc(NC(=O)CC2CNC2)c(C(=O)O)c1. The normalized spacial score (nSPS) is 14.9. The Morgan fingerprint density at radius 1 is 1.44 bits per heavy atom. The molecule has 5 heteroatoms. The van der Waals surface area contributed by atoms with Crippen molar-refractivity contribution in [3.63, 3.8) is 0 Å². The molecule has 2 rings (SSSR count). The van der Waals surface area contributed by atoms with Crippen molar-refractivity contribution in [2.24, 2.45) is 5.92 Å². The highest BCUT2D eigenvalue weighted by atomic mass is 16.4. The lowest BCUT2D eigenvalue weighted by Crippen LogP contribution is -2.43. The van der Waals surface area contributed by atoms with E-state index in [2.05, 4.69) is 10.6 Å². The molecule has 0 unspecified atom stereocenters. The Balaban J connectivity index is 2.07. The van der Waals surface area contributed by atoms with Gasteiger partial charge >= 0.3 is 5.97 Å². The maximum Gasteiger partial charge on any atom is 0.337 e. The summed E-state index contributed by atoms with van der Waals surface area (Å²) in [7, 11) is 0. The van der Waals surface area contributed by atoms with Crippen LogP contribution in [0.2, 0.25) is 0 Å². The summed E-state index contributed by atoms with van der Waals surface area (Å²) in [5, 5.41) is 14.8. The number of anilines is 1. The van der Waals surface area contributed by atoms with Gasteiger partial charge in [-0.05, 0) is 38.1 Å². The maximum atomic E-state index is 11.7. The number of aryl methyl sites for hydroxylation is 1. The van der Waals surface area contributed by atoms with Gasteiger partial charge in [0.2, 0.25) is 5.91 Å². The van der Waals surface area contributed by atoms with E-state index >= 15 is 0 Å². The smallest absolute Gasteiger partial charge is 0.337 e. The fourth-order valence-electron chi connectivity index (χ4n) is 1.90. The number of hydrogen-bond acceptors (Lipinski definition) is 3. The Morgan fingerprint density at radius 2 is 2.17 bits per heavy atom. The summed E-state index contributed by atoms with van der Waals surface area (Å²) in [6, 6.07) is 4.98. The molecule has 0 aliphatic carbocycles. The summed E-state index contributed by atoms with van der Waals surface area (Å²) in [5.41, 5.74) is 1.36. The van der Waals surface area contributed by atoms with Gasteiger partial charge in [-0.2, -0.15) is 0 Å². The van der Waals surface area contributed by atoms with E-state index in [-0.39, 0.29) is 11.5 Å². The van der Waals surface area contributed by atoms with E-state index in [1.54, 1.807) is 18.2 Å². The number of amides is 1. The van der Waals surface area contributed by atoms with Crippen LogP contribution in [0.5, 0.6) is 0 Å². The Morgan fingerprint density at radius 3 is 2.72 bits per heavy atom. The Hall–Kier alpha value is -1.88. The van der Waals surface area contributed by atoms with Gasteiger partial charge in [-0.25, -0.2) is 4.79 Å². The Bertz CT molecular complexity index is 481. The second-order valence-corrected chi connectivity index (χ2v) is 4.63. The maximum absolute atomic E-state index is 11.7. The van der Waals surface area contributed by atoms with Crippen LogP contribution in [0.1, 0.15) is 22.3 Å². The van der Waals surface area contributed by atoms with Crippen LogP contribution < -0.4 is 10.6 Å². The Labute approximate surface area is 105 Å². The monoisotopic (exact) mass is 248 g/mol. The van der Waals surface area contributed by atoms with Gasteiger partial charge in [-0.1, -0.05) is 11.6 Å². The summed E-state index contributed by atoms with van der Waals surface area (Å²) in [6.45, 7) is 3.53. The van der Waals surface area contributed by atoms with Gasteiger partial charge in [0, 0.05) is 6.42 Å². The van der Waals surface area contributed by atoms with Crippen molar-refractivity contribution in [2.45, 2.75) is 13.3 Å². The lowest BCUT2D eigenvalue weighted by molar-refractivity contribution is -0.117. The largest absolute Gasteiger partial charge is 0.478 e. The van der Waals surface area contributed by atoms with E-state index in [9.17, 15) is 9.59 Å².